The molecule has 2 aromatic heterocycles. The molecule has 0 fully saturated rings. The maximum absolute atomic E-state index is 12.3. The van der Waals surface area contributed by atoms with E-state index in [2.05, 4.69) is 15.3 Å². The lowest BCUT2D eigenvalue weighted by Crippen LogP contribution is -2.34. The van der Waals surface area contributed by atoms with E-state index in [0.29, 0.717) is 5.69 Å². The smallest absolute Gasteiger partial charge is 0.277 e. The number of nitrogens with zero attached hydrogens (tertiary/aromatic N) is 3. The highest BCUT2D eigenvalue weighted by Crippen LogP contribution is 2.30. The highest BCUT2D eigenvalue weighted by molar-refractivity contribution is 7.13. The van der Waals surface area contributed by atoms with Gasteiger partial charge < -0.3 is 10.4 Å². The van der Waals surface area contributed by atoms with Crippen molar-refractivity contribution < 1.29 is 14.7 Å². The standard InChI is InChI=1S/C20H16N4O3S/c25-9-8-24-18(26)11-16(20(24)27)22-14-5-3-4-13(10-14)19-23-17(12-28-19)15-6-1-2-7-21-15/h1-7,10-12,22,25H,8-9H2. The minimum absolute atomic E-state index is 0.0190. The SMILES string of the molecule is O=C1C=C(Nc2cccc(-c3nc(-c4ccccn4)cs3)c2)C(=O)N1CCO. The van der Waals surface area contributed by atoms with Crippen molar-refractivity contribution in [2.45, 2.75) is 0 Å². The highest BCUT2D eigenvalue weighted by Gasteiger charge is 2.30. The number of imide groups is 1. The Labute approximate surface area is 165 Å². The number of carbonyl (C=O) groups is 2. The Hall–Kier alpha value is -3.36. The van der Waals surface area contributed by atoms with Crippen LogP contribution in [0.3, 0.4) is 0 Å². The van der Waals surface area contributed by atoms with Gasteiger partial charge in [-0.25, -0.2) is 4.98 Å². The molecule has 0 unspecified atom stereocenters. The summed E-state index contributed by atoms with van der Waals surface area (Å²) in [6.45, 7) is -0.286. The molecule has 7 nitrogen and oxygen atoms in total. The van der Waals surface area contributed by atoms with Crippen LogP contribution in [-0.4, -0.2) is 44.9 Å². The van der Waals surface area contributed by atoms with Crippen LogP contribution in [-0.2, 0) is 9.59 Å². The van der Waals surface area contributed by atoms with Crippen molar-refractivity contribution in [1.29, 1.82) is 0 Å². The first-order valence-corrected chi connectivity index (χ1v) is 9.46. The Morgan fingerprint density at radius 3 is 2.79 bits per heavy atom. The molecule has 1 aliphatic rings. The largest absolute Gasteiger partial charge is 0.395 e. The molecule has 0 saturated heterocycles. The number of aliphatic hydroxyl groups excluding tert-OH is 1. The molecule has 3 heterocycles. The number of benzene rings is 1. The predicted molar refractivity (Wildman–Crippen MR) is 106 cm³/mol. The summed E-state index contributed by atoms with van der Waals surface area (Å²) in [6.07, 6.45) is 2.97. The summed E-state index contributed by atoms with van der Waals surface area (Å²) in [4.78, 5) is 34.1. The fraction of sp³-hybridized carbons (Fsp3) is 0.100. The number of anilines is 1. The van der Waals surface area contributed by atoms with Gasteiger partial charge >= 0.3 is 0 Å². The zero-order valence-electron chi connectivity index (χ0n) is 14.7. The normalized spacial score (nSPS) is 13.8. The summed E-state index contributed by atoms with van der Waals surface area (Å²) in [6, 6.07) is 13.1. The van der Waals surface area contributed by atoms with Crippen molar-refractivity contribution in [3.8, 4) is 22.0 Å². The minimum Gasteiger partial charge on any atom is -0.395 e. The van der Waals surface area contributed by atoms with E-state index in [1.54, 1.807) is 6.20 Å². The van der Waals surface area contributed by atoms with Crippen LogP contribution in [0.25, 0.3) is 22.0 Å². The van der Waals surface area contributed by atoms with Crippen molar-refractivity contribution in [1.82, 2.24) is 14.9 Å². The third-order valence-corrected chi connectivity index (χ3v) is 5.04. The molecule has 2 amide bonds. The molecule has 0 spiro atoms. The summed E-state index contributed by atoms with van der Waals surface area (Å²) >= 11 is 1.51. The van der Waals surface area contributed by atoms with Crippen molar-refractivity contribution >= 4 is 28.8 Å². The van der Waals surface area contributed by atoms with Gasteiger partial charge in [-0.05, 0) is 24.3 Å². The van der Waals surface area contributed by atoms with Gasteiger partial charge in [0.1, 0.15) is 16.4 Å². The first-order chi connectivity index (χ1) is 13.7. The van der Waals surface area contributed by atoms with Gasteiger partial charge in [0.25, 0.3) is 11.8 Å². The van der Waals surface area contributed by atoms with Gasteiger partial charge in [-0.15, -0.1) is 11.3 Å². The van der Waals surface area contributed by atoms with Gasteiger partial charge in [0, 0.05) is 28.9 Å². The second kappa shape index (κ2) is 7.71. The van der Waals surface area contributed by atoms with Crippen LogP contribution >= 0.6 is 11.3 Å². The number of hydrogen-bond donors (Lipinski definition) is 2. The van der Waals surface area contributed by atoms with Crippen molar-refractivity contribution in [3.63, 3.8) is 0 Å². The summed E-state index contributed by atoms with van der Waals surface area (Å²) in [5.74, 6) is -0.881. The summed E-state index contributed by atoms with van der Waals surface area (Å²) in [7, 11) is 0. The topological polar surface area (TPSA) is 95.4 Å². The Morgan fingerprint density at radius 1 is 1.11 bits per heavy atom. The maximum Gasteiger partial charge on any atom is 0.277 e. The molecule has 8 heteroatoms. The lowest BCUT2D eigenvalue weighted by atomic mass is 10.2. The number of thiazole rings is 1. The number of amides is 2. The number of nitrogens with one attached hydrogen (secondary N) is 1. The average molecular weight is 392 g/mol. The number of β-amino-alcohol motifs (C(OH)–C–C–N with tert-alkyl or cyclic N) is 1. The van der Waals surface area contributed by atoms with Gasteiger partial charge in [0.05, 0.1) is 18.8 Å². The second-order valence-corrected chi connectivity index (χ2v) is 6.89. The number of rotatable bonds is 6. The average Bonchev–Trinajstić information content (AvgIpc) is 3.31. The van der Waals surface area contributed by atoms with Crippen LogP contribution in [0, 0.1) is 0 Å². The van der Waals surface area contributed by atoms with E-state index in [0.717, 1.165) is 26.9 Å². The van der Waals surface area contributed by atoms with E-state index in [1.807, 2.05) is 47.8 Å². The lowest BCUT2D eigenvalue weighted by molar-refractivity contribution is -0.137. The fourth-order valence-electron chi connectivity index (χ4n) is 2.83. The minimum atomic E-state index is -0.448. The van der Waals surface area contributed by atoms with Gasteiger partial charge in [-0.2, -0.15) is 0 Å². The molecule has 28 heavy (non-hydrogen) atoms. The number of aromatic nitrogens is 2. The Morgan fingerprint density at radius 2 is 2.00 bits per heavy atom. The van der Waals surface area contributed by atoms with Crippen LogP contribution in [0.2, 0.25) is 0 Å². The lowest BCUT2D eigenvalue weighted by Gasteiger charge is -2.13. The number of carbonyl (C=O) groups excluding carboxylic acids is 2. The first kappa shape index (κ1) is 18.0. The van der Waals surface area contributed by atoms with Gasteiger partial charge in [0.15, 0.2) is 0 Å². The van der Waals surface area contributed by atoms with E-state index in [-0.39, 0.29) is 18.8 Å². The molecule has 1 aliphatic heterocycles. The summed E-state index contributed by atoms with van der Waals surface area (Å²) in [5.41, 5.74) is 3.36. The molecule has 0 aliphatic carbocycles. The van der Waals surface area contributed by atoms with Crippen molar-refractivity contribution in [3.05, 3.63) is 65.8 Å². The van der Waals surface area contributed by atoms with Crippen LogP contribution in [0.5, 0.6) is 0 Å². The Bertz CT molecular complexity index is 1060. The molecule has 0 radical (unpaired) electrons. The third-order valence-electron chi connectivity index (χ3n) is 4.15. The van der Waals surface area contributed by atoms with E-state index >= 15 is 0 Å². The van der Waals surface area contributed by atoms with E-state index in [4.69, 9.17) is 5.11 Å². The predicted octanol–water partition coefficient (Wildman–Crippen LogP) is 2.53. The van der Waals surface area contributed by atoms with Crippen molar-refractivity contribution in [2.24, 2.45) is 0 Å². The van der Waals surface area contributed by atoms with Crippen molar-refractivity contribution in [2.75, 3.05) is 18.5 Å². The van der Waals surface area contributed by atoms with Gasteiger partial charge in [-0.1, -0.05) is 18.2 Å². The van der Waals surface area contributed by atoms with Crippen LogP contribution in [0.15, 0.2) is 65.8 Å². The van der Waals surface area contributed by atoms with Crippen LogP contribution in [0.1, 0.15) is 0 Å². The molecule has 2 N–H and O–H groups in total. The molecule has 4 rings (SSSR count). The maximum atomic E-state index is 12.3. The molecular weight excluding hydrogens is 376 g/mol. The summed E-state index contributed by atoms with van der Waals surface area (Å²) in [5, 5.41) is 14.8. The highest BCUT2D eigenvalue weighted by atomic mass is 32.1. The van der Waals surface area contributed by atoms with E-state index in [9.17, 15) is 9.59 Å². The summed E-state index contributed by atoms with van der Waals surface area (Å²) < 4.78 is 0. The zero-order valence-corrected chi connectivity index (χ0v) is 15.5. The Balaban J connectivity index is 1.55. The molecule has 0 bridgehead atoms. The first-order valence-electron chi connectivity index (χ1n) is 8.58. The monoisotopic (exact) mass is 392 g/mol. The van der Waals surface area contributed by atoms with Crippen LogP contribution in [0.4, 0.5) is 5.69 Å². The molecule has 0 saturated carbocycles. The Kier molecular flexibility index (Phi) is 4.96. The second-order valence-electron chi connectivity index (χ2n) is 6.04. The quantitative estimate of drug-likeness (QED) is 0.626. The number of pyridine rings is 1. The van der Waals surface area contributed by atoms with E-state index in [1.165, 1.54) is 17.4 Å². The molecular formula is C20H16N4O3S. The number of aliphatic hydroxyl groups is 1. The van der Waals surface area contributed by atoms with Crippen LogP contribution < -0.4 is 5.32 Å². The fourth-order valence-corrected chi connectivity index (χ4v) is 3.64. The molecule has 0 atom stereocenters. The van der Waals surface area contributed by atoms with Gasteiger partial charge in [0.2, 0.25) is 0 Å². The van der Waals surface area contributed by atoms with Gasteiger partial charge in [-0.3, -0.25) is 19.5 Å². The molecule has 1 aromatic carbocycles. The molecule has 140 valence electrons. The zero-order chi connectivity index (χ0) is 19.5. The van der Waals surface area contributed by atoms with E-state index < -0.39 is 11.8 Å². The third kappa shape index (κ3) is 3.55. The molecule has 3 aromatic rings. The number of hydrogen-bond acceptors (Lipinski definition) is 7.